The standard InChI is InChI=1S/C17H24N6OS.2ClH/c1-11-16(25-12(2)21-11)17(24)23(13-4-3-7-19-8-5-13)10-15-20-9-6-14(18)22-15;;/h6,9,13,19H,3-5,7-8,10H2,1-2H3,(H2,18,20,22);2*1H. The number of hydrogen-bond donors (Lipinski definition) is 2. The van der Waals surface area contributed by atoms with Crippen LogP contribution >= 0.6 is 36.2 Å². The van der Waals surface area contributed by atoms with Gasteiger partial charge in [0.1, 0.15) is 16.5 Å². The third-order valence-electron chi connectivity index (χ3n) is 4.38. The van der Waals surface area contributed by atoms with Crippen molar-refractivity contribution in [1.29, 1.82) is 0 Å². The second-order valence-electron chi connectivity index (χ2n) is 6.31. The predicted molar refractivity (Wildman–Crippen MR) is 113 cm³/mol. The molecule has 0 spiro atoms. The average molecular weight is 433 g/mol. The summed E-state index contributed by atoms with van der Waals surface area (Å²) in [4.78, 5) is 28.9. The highest BCUT2D eigenvalue weighted by atomic mass is 35.5. The normalized spacial score (nSPS) is 16.6. The first-order valence-corrected chi connectivity index (χ1v) is 9.39. The maximum absolute atomic E-state index is 13.3. The van der Waals surface area contributed by atoms with Gasteiger partial charge in [-0.1, -0.05) is 0 Å². The minimum Gasteiger partial charge on any atom is -0.384 e. The molecule has 150 valence electrons. The van der Waals surface area contributed by atoms with Crippen molar-refractivity contribution in [3.8, 4) is 0 Å². The Morgan fingerprint density at radius 1 is 1.30 bits per heavy atom. The summed E-state index contributed by atoms with van der Waals surface area (Å²) >= 11 is 1.45. The van der Waals surface area contributed by atoms with E-state index < -0.39 is 0 Å². The van der Waals surface area contributed by atoms with Crippen LogP contribution in [0.5, 0.6) is 0 Å². The molecule has 27 heavy (non-hydrogen) atoms. The topological polar surface area (TPSA) is 97.0 Å². The Balaban J connectivity index is 0.00000182. The largest absolute Gasteiger partial charge is 0.384 e. The SMILES string of the molecule is Cc1nc(C)c(C(=O)N(Cc2nccc(N)n2)C2CCCNCC2)s1.Cl.Cl. The van der Waals surface area contributed by atoms with Gasteiger partial charge in [0.2, 0.25) is 0 Å². The number of carbonyl (C=O) groups is 1. The number of rotatable bonds is 4. The van der Waals surface area contributed by atoms with E-state index in [2.05, 4.69) is 20.3 Å². The number of carbonyl (C=O) groups excluding carboxylic acids is 1. The van der Waals surface area contributed by atoms with Gasteiger partial charge in [0.05, 0.1) is 17.2 Å². The maximum Gasteiger partial charge on any atom is 0.266 e. The number of aromatic nitrogens is 3. The van der Waals surface area contributed by atoms with Crippen LogP contribution in [0.25, 0.3) is 0 Å². The van der Waals surface area contributed by atoms with Crippen molar-refractivity contribution in [1.82, 2.24) is 25.2 Å². The van der Waals surface area contributed by atoms with E-state index in [0.29, 0.717) is 23.1 Å². The maximum atomic E-state index is 13.3. The summed E-state index contributed by atoms with van der Waals surface area (Å²) in [6, 6.07) is 1.82. The Kier molecular flexibility index (Phi) is 9.38. The number of halogens is 2. The first-order chi connectivity index (χ1) is 12.0. The number of anilines is 1. The Morgan fingerprint density at radius 2 is 2.07 bits per heavy atom. The second-order valence-corrected chi connectivity index (χ2v) is 7.52. The summed E-state index contributed by atoms with van der Waals surface area (Å²) in [5.41, 5.74) is 6.57. The van der Waals surface area contributed by atoms with Crippen molar-refractivity contribution in [2.45, 2.75) is 45.7 Å². The van der Waals surface area contributed by atoms with Gasteiger partial charge >= 0.3 is 0 Å². The monoisotopic (exact) mass is 432 g/mol. The van der Waals surface area contributed by atoms with Crippen LogP contribution in [0.4, 0.5) is 5.82 Å². The van der Waals surface area contributed by atoms with Gasteiger partial charge in [0, 0.05) is 12.2 Å². The van der Waals surface area contributed by atoms with E-state index in [4.69, 9.17) is 5.73 Å². The molecule has 1 saturated heterocycles. The fourth-order valence-corrected chi connectivity index (χ4v) is 4.06. The third-order valence-corrected chi connectivity index (χ3v) is 5.44. The van der Waals surface area contributed by atoms with Crippen molar-refractivity contribution < 1.29 is 4.79 Å². The smallest absolute Gasteiger partial charge is 0.266 e. The van der Waals surface area contributed by atoms with E-state index in [0.717, 1.165) is 43.1 Å². The molecule has 0 radical (unpaired) electrons. The highest BCUT2D eigenvalue weighted by Crippen LogP contribution is 2.24. The van der Waals surface area contributed by atoms with Gasteiger partial charge in [-0.3, -0.25) is 4.79 Å². The van der Waals surface area contributed by atoms with E-state index in [1.807, 2.05) is 18.7 Å². The van der Waals surface area contributed by atoms with Crippen molar-refractivity contribution in [2.24, 2.45) is 0 Å². The molecule has 1 fully saturated rings. The number of nitrogens with one attached hydrogen (secondary N) is 1. The summed E-state index contributed by atoms with van der Waals surface area (Å²) in [6.07, 6.45) is 4.58. The van der Waals surface area contributed by atoms with Crippen LogP contribution < -0.4 is 11.1 Å². The molecule has 3 heterocycles. The zero-order valence-electron chi connectivity index (χ0n) is 15.5. The van der Waals surface area contributed by atoms with E-state index in [1.54, 1.807) is 12.3 Å². The van der Waals surface area contributed by atoms with Crippen LogP contribution in [0.1, 0.15) is 45.5 Å². The first-order valence-electron chi connectivity index (χ1n) is 8.57. The molecule has 1 aliphatic rings. The van der Waals surface area contributed by atoms with Crippen molar-refractivity contribution in [3.63, 3.8) is 0 Å². The van der Waals surface area contributed by atoms with E-state index in [1.165, 1.54) is 11.3 Å². The molecule has 0 bridgehead atoms. The van der Waals surface area contributed by atoms with Crippen molar-refractivity contribution in [3.05, 3.63) is 33.7 Å². The molecular formula is C17H26Cl2N6OS. The van der Waals surface area contributed by atoms with Gasteiger partial charge in [0.25, 0.3) is 5.91 Å². The zero-order chi connectivity index (χ0) is 17.8. The Bertz CT molecular complexity index is 749. The molecule has 1 atom stereocenters. The molecule has 1 amide bonds. The number of nitrogens with two attached hydrogens (primary N) is 1. The van der Waals surface area contributed by atoms with Gasteiger partial charge in [-0.25, -0.2) is 15.0 Å². The summed E-state index contributed by atoms with van der Waals surface area (Å²) in [7, 11) is 0. The average Bonchev–Trinajstić information content (AvgIpc) is 2.78. The fourth-order valence-electron chi connectivity index (χ4n) is 3.18. The minimum atomic E-state index is 0. The number of aryl methyl sites for hydroxylation is 2. The molecule has 2 aromatic rings. The van der Waals surface area contributed by atoms with Crippen LogP contribution in [0.3, 0.4) is 0 Å². The zero-order valence-corrected chi connectivity index (χ0v) is 17.9. The lowest BCUT2D eigenvalue weighted by atomic mass is 10.1. The van der Waals surface area contributed by atoms with Crippen molar-refractivity contribution in [2.75, 3.05) is 18.8 Å². The fraction of sp³-hybridized carbons (Fsp3) is 0.529. The van der Waals surface area contributed by atoms with E-state index in [-0.39, 0.29) is 36.8 Å². The first kappa shape index (κ1) is 23.6. The van der Waals surface area contributed by atoms with Crippen LogP contribution in [-0.2, 0) is 6.54 Å². The number of thiazole rings is 1. The number of hydrogen-bond acceptors (Lipinski definition) is 7. The molecule has 3 rings (SSSR count). The second kappa shape index (κ2) is 10.8. The molecule has 7 nitrogen and oxygen atoms in total. The Labute approximate surface area is 176 Å². The summed E-state index contributed by atoms with van der Waals surface area (Å²) in [5.74, 6) is 1.01. The van der Waals surface area contributed by atoms with Gasteiger partial charge in [-0.05, 0) is 52.3 Å². The quantitative estimate of drug-likeness (QED) is 0.770. The summed E-state index contributed by atoms with van der Waals surface area (Å²) in [5, 5.41) is 4.31. The Hall–Kier alpha value is -1.48. The third kappa shape index (κ3) is 6.00. The highest BCUT2D eigenvalue weighted by molar-refractivity contribution is 7.13. The van der Waals surface area contributed by atoms with Crippen molar-refractivity contribution >= 4 is 47.9 Å². The summed E-state index contributed by atoms with van der Waals surface area (Å²) < 4.78 is 0. The van der Waals surface area contributed by atoms with Crippen LogP contribution in [-0.4, -0.2) is 44.9 Å². The van der Waals surface area contributed by atoms with Crippen LogP contribution in [0.2, 0.25) is 0 Å². The van der Waals surface area contributed by atoms with Crippen LogP contribution in [0.15, 0.2) is 12.3 Å². The number of nitrogens with zero attached hydrogens (tertiary/aromatic N) is 4. The summed E-state index contributed by atoms with van der Waals surface area (Å²) in [6.45, 7) is 6.08. The number of amides is 1. The molecule has 1 aliphatic heterocycles. The Morgan fingerprint density at radius 3 is 2.74 bits per heavy atom. The molecule has 10 heteroatoms. The molecule has 3 N–H and O–H groups in total. The lowest BCUT2D eigenvalue weighted by molar-refractivity contribution is 0.0643. The van der Waals surface area contributed by atoms with Gasteiger partial charge < -0.3 is 16.0 Å². The molecule has 1 unspecified atom stereocenters. The molecular weight excluding hydrogens is 407 g/mol. The van der Waals surface area contributed by atoms with Gasteiger partial charge in [0.15, 0.2) is 0 Å². The lowest BCUT2D eigenvalue weighted by Gasteiger charge is -2.30. The molecule has 0 aromatic carbocycles. The molecule has 0 aliphatic carbocycles. The highest BCUT2D eigenvalue weighted by Gasteiger charge is 2.29. The van der Waals surface area contributed by atoms with E-state index >= 15 is 0 Å². The van der Waals surface area contributed by atoms with Crippen LogP contribution in [0, 0.1) is 13.8 Å². The molecule has 2 aromatic heterocycles. The van der Waals surface area contributed by atoms with Gasteiger partial charge in [-0.15, -0.1) is 36.2 Å². The number of nitrogen functional groups attached to an aromatic ring is 1. The lowest BCUT2D eigenvalue weighted by Crippen LogP contribution is -2.40. The minimum absolute atomic E-state index is 0. The molecule has 0 saturated carbocycles. The van der Waals surface area contributed by atoms with Gasteiger partial charge in [-0.2, -0.15) is 0 Å². The van der Waals surface area contributed by atoms with E-state index in [9.17, 15) is 4.79 Å². The predicted octanol–water partition coefficient (Wildman–Crippen LogP) is 2.76.